The van der Waals surface area contributed by atoms with Gasteiger partial charge in [0.05, 0.1) is 6.61 Å². The van der Waals surface area contributed by atoms with Gasteiger partial charge in [-0.3, -0.25) is 18.6 Å². The Morgan fingerprint density at radius 3 is 1.42 bits per heavy atom. The molecule has 0 aromatic rings. The molecular weight excluding hydrogens is 779 g/mol. The van der Waals surface area contributed by atoms with E-state index >= 15 is 0 Å². The third-order valence-electron chi connectivity index (χ3n) is 10.5. The van der Waals surface area contributed by atoms with E-state index in [0.717, 1.165) is 83.5 Å². The minimum atomic E-state index is -5.12. The van der Waals surface area contributed by atoms with Gasteiger partial charge in [0.1, 0.15) is 43.2 Å². The molecule has 0 aromatic heterocycles. The highest BCUT2D eigenvalue weighted by molar-refractivity contribution is 7.47. The zero-order chi connectivity index (χ0) is 43.6. The number of hydrogen-bond acceptors (Lipinski definition) is 12. The Morgan fingerprint density at radius 2 is 0.915 bits per heavy atom. The summed E-state index contributed by atoms with van der Waals surface area (Å²) in [4.78, 5) is 35.7. The van der Waals surface area contributed by atoms with Crippen LogP contribution < -0.4 is 0 Å². The fourth-order valence-electron chi connectivity index (χ4n) is 6.72. The highest BCUT2D eigenvalue weighted by Gasteiger charge is 2.51. The van der Waals surface area contributed by atoms with Crippen LogP contribution in [0.2, 0.25) is 0 Å². The van der Waals surface area contributed by atoms with Gasteiger partial charge < -0.3 is 39.9 Å². The predicted molar refractivity (Wildman–Crippen MR) is 230 cm³/mol. The van der Waals surface area contributed by atoms with Gasteiger partial charge in [-0.05, 0) is 70.6 Å². The Labute approximate surface area is 355 Å². The van der Waals surface area contributed by atoms with E-state index in [1.807, 2.05) is 0 Å². The van der Waals surface area contributed by atoms with Gasteiger partial charge in [-0.25, -0.2) is 4.57 Å². The number of phosphoric acid groups is 1. The molecule has 0 heterocycles. The Balaban J connectivity index is 2.49. The van der Waals surface area contributed by atoms with Crippen molar-refractivity contribution in [1.29, 1.82) is 0 Å². The number of phosphoric ester groups is 1. The quantitative estimate of drug-likeness (QED) is 0.0150. The molecule has 6 N–H and O–H groups in total. The molecule has 0 aromatic carbocycles. The summed E-state index contributed by atoms with van der Waals surface area (Å²) in [6, 6.07) is 0. The van der Waals surface area contributed by atoms with Crippen LogP contribution in [0.15, 0.2) is 36.5 Å². The van der Waals surface area contributed by atoms with Gasteiger partial charge in [0.15, 0.2) is 6.10 Å². The Hall–Kier alpha value is -1.93. The number of aliphatic hydroxyl groups excluding tert-OH is 5. The van der Waals surface area contributed by atoms with Crippen LogP contribution >= 0.6 is 7.82 Å². The van der Waals surface area contributed by atoms with E-state index in [-0.39, 0.29) is 12.8 Å². The van der Waals surface area contributed by atoms with E-state index in [1.54, 1.807) is 0 Å². The normalized spacial score (nSPS) is 22.6. The third kappa shape index (κ3) is 28.3. The van der Waals surface area contributed by atoms with E-state index in [9.17, 15) is 44.6 Å². The molecule has 1 fully saturated rings. The van der Waals surface area contributed by atoms with Gasteiger partial charge in [0, 0.05) is 12.8 Å². The molecule has 0 saturated heterocycles. The van der Waals surface area contributed by atoms with Crippen molar-refractivity contribution in [2.45, 2.75) is 224 Å². The molecule has 6 unspecified atom stereocenters. The van der Waals surface area contributed by atoms with E-state index in [1.165, 1.54) is 57.8 Å². The Bertz CT molecular complexity index is 1180. The fourth-order valence-corrected chi connectivity index (χ4v) is 7.70. The summed E-state index contributed by atoms with van der Waals surface area (Å²) in [5.41, 5.74) is 0. The zero-order valence-electron chi connectivity index (χ0n) is 36.3. The average molecular weight is 861 g/mol. The smallest absolute Gasteiger partial charge is 0.462 e. The summed E-state index contributed by atoms with van der Waals surface area (Å²) in [6.07, 6.45) is 26.2. The van der Waals surface area contributed by atoms with Crippen LogP contribution in [0, 0.1) is 0 Å². The summed E-state index contributed by atoms with van der Waals surface area (Å²) in [7, 11) is -5.12. The maximum Gasteiger partial charge on any atom is 0.472 e. The molecular formula is C45H81O13P. The van der Waals surface area contributed by atoms with E-state index in [4.69, 9.17) is 18.5 Å². The summed E-state index contributed by atoms with van der Waals surface area (Å²) >= 11 is 0. The molecule has 1 aliphatic carbocycles. The molecule has 0 radical (unpaired) electrons. The molecule has 8 atom stereocenters. The second-order valence-corrected chi connectivity index (χ2v) is 17.3. The SMILES string of the molecule is CCCCC/C=C/C/C=C/CCCCCCCC(=O)OC[C@H](COP(=O)(O)OC1C(O)C(O)C(O)[C@@H](O)C1O)OC(=O)CCCCCCC/C=C/CCCCCCCC. The lowest BCUT2D eigenvalue weighted by Crippen LogP contribution is -2.64. The molecule has 1 saturated carbocycles. The van der Waals surface area contributed by atoms with Crippen LogP contribution in [0.3, 0.4) is 0 Å². The van der Waals surface area contributed by atoms with Crippen LogP contribution in [0.25, 0.3) is 0 Å². The summed E-state index contributed by atoms with van der Waals surface area (Å²) in [6.45, 7) is 3.24. The highest BCUT2D eigenvalue weighted by Crippen LogP contribution is 2.47. The number of rotatable bonds is 37. The standard InChI is InChI=1S/C45H81O13P/c1-3-5-7-9-11-13-15-17-19-21-23-25-27-29-31-33-38(46)55-35-37(36-56-59(53,54)58-45-43(51)41(49)40(48)42(50)44(45)52)57-39(47)34-32-30-28-26-24-22-20-18-16-14-12-10-8-6-4-2/h11,13,17-20,37,40-45,48-52H,3-10,12,14-16,21-36H2,1-2H3,(H,53,54)/b13-11+,19-17+,20-18+/t37-,40?,41-,42?,43?,44?,45?/m1/s1. The minimum Gasteiger partial charge on any atom is -0.462 e. The molecule has 0 bridgehead atoms. The molecule has 344 valence electrons. The van der Waals surface area contributed by atoms with Gasteiger partial charge in [0.25, 0.3) is 0 Å². The molecule has 0 spiro atoms. The molecule has 0 aliphatic heterocycles. The van der Waals surface area contributed by atoms with Crippen molar-refractivity contribution in [3.05, 3.63) is 36.5 Å². The lowest BCUT2D eigenvalue weighted by molar-refractivity contribution is -0.220. The fraction of sp³-hybridized carbons (Fsp3) is 0.822. The van der Waals surface area contributed by atoms with E-state index in [0.29, 0.717) is 12.8 Å². The van der Waals surface area contributed by atoms with Gasteiger partial charge in [-0.1, -0.05) is 134 Å². The summed E-state index contributed by atoms with van der Waals surface area (Å²) in [5.74, 6) is -1.12. The zero-order valence-corrected chi connectivity index (χ0v) is 37.2. The molecule has 14 heteroatoms. The van der Waals surface area contributed by atoms with Crippen molar-refractivity contribution in [3.63, 3.8) is 0 Å². The summed E-state index contributed by atoms with van der Waals surface area (Å²) in [5, 5.41) is 50.1. The van der Waals surface area contributed by atoms with Gasteiger partial charge in [-0.15, -0.1) is 0 Å². The van der Waals surface area contributed by atoms with Crippen molar-refractivity contribution in [1.82, 2.24) is 0 Å². The van der Waals surface area contributed by atoms with Crippen molar-refractivity contribution >= 4 is 19.8 Å². The van der Waals surface area contributed by atoms with E-state index in [2.05, 4.69) is 50.3 Å². The number of unbranched alkanes of at least 4 members (excludes halogenated alkanes) is 19. The van der Waals surface area contributed by atoms with Gasteiger partial charge in [0.2, 0.25) is 0 Å². The molecule has 13 nitrogen and oxygen atoms in total. The number of esters is 2. The Morgan fingerprint density at radius 1 is 0.525 bits per heavy atom. The van der Waals surface area contributed by atoms with Crippen LogP contribution in [-0.4, -0.2) is 98.3 Å². The summed E-state index contributed by atoms with van der Waals surface area (Å²) < 4.78 is 33.5. The first-order chi connectivity index (χ1) is 28.4. The lowest BCUT2D eigenvalue weighted by Gasteiger charge is -2.41. The average Bonchev–Trinajstić information content (AvgIpc) is 3.21. The van der Waals surface area contributed by atoms with Crippen molar-refractivity contribution in [2.75, 3.05) is 13.2 Å². The maximum absolute atomic E-state index is 12.8. The number of carbonyl (C=O) groups excluding carboxylic acids is 2. The topological polar surface area (TPSA) is 210 Å². The van der Waals surface area contributed by atoms with Gasteiger partial charge in [-0.2, -0.15) is 0 Å². The first-order valence-corrected chi connectivity index (χ1v) is 24.3. The molecule has 59 heavy (non-hydrogen) atoms. The van der Waals surface area contributed by atoms with Crippen molar-refractivity contribution < 1.29 is 63.1 Å². The van der Waals surface area contributed by atoms with Gasteiger partial charge >= 0.3 is 19.8 Å². The second kappa shape index (κ2) is 35.6. The lowest BCUT2D eigenvalue weighted by atomic mass is 9.85. The van der Waals surface area contributed by atoms with Crippen LogP contribution in [-0.2, 0) is 32.7 Å². The third-order valence-corrected chi connectivity index (χ3v) is 11.4. The monoisotopic (exact) mass is 861 g/mol. The number of aliphatic hydroxyl groups is 5. The number of hydrogen-bond donors (Lipinski definition) is 6. The van der Waals surface area contributed by atoms with Crippen molar-refractivity contribution in [3.8, 4) is 0 Å². The molecule has 1 aliphatic rings. The second-order valence-electron chi connectivity index (χ2n) is 15.9. The molecule has 1 rings (SSSR count). The number of allylic oxidation sites excluding steroid dienone is 6. The predicted octanol–water partition coefficient (Wildman–Crippen LogP) is 8.61. The maximum atomic E-state index is 12.8. The first kappa shape index (κ1) is 55.1. The van der Waals surface area contributed by atoms with Crippen LogP contribution in [0.4, 0.5) is 0 Å². The number of carbonyl (C=O) groups is 2. The van der Waals surface area contributed by atoms with Crippen LogP contribution in [0.1, 0.15) is 181 Å². The van der Waals surface area contributed by atoms with Crippen LogP contribution in [0.5, 0.6) is 0 Å². The first-order valence-electron chi connectivity index (χ1n) is 22.8. The minimum absolute atomic E-state index is 0.0837. The Kier molecular flexibility index (Phi) is 33.3. The highest BCUT2D eigenvalue weighted by atomic mass is 31.2. The molecule has 0 amide bonds. The largest absolute Gasteiger partial charge is 0.472 e. The van der Waals surface area contributed by atoms with E-state index < -0.39 is 75.7 Å². The van der Waals surface area contributed by atoms with Crippen molar-refractivity contribution in [2.24, 2.45) is 0 Å². The number of ether oxygens (including phenoxy) is 2.